The molecule has 1 heterocycles. The Balaban J connectivity index is 2.37. The second-order valence-corrected chi connectivity index (χ2v) is 3.59. The molecule has 0 spiro atoms. The fraction of sp³-hybridized carbons (Fsp3) is 0.308. The number of hydrogen-bond donors (Lipinski definition) is 0. The van der Waals surface area contributed by atoms with E-state index in [2.05, 4.69) is 47.7 Å². The third-order valence-electron chi connectivity index (χ3n) is 2.68. The lowest BCUT2D eigenvalue weighted by Gasteiger charge is -2.05. The van der Waals surface area contributed by atoms with Gasteiger partial charge >= 0.3 is 0 Å². The topological polar surface area (TPSA) is 17.8 Å². The molecule has 2 aromatic rings. The summed E-state index contributed by atoms with van der Waals surface area (Å²) in [7, 11) is 0. The van der Waals surface area contributed by atoms with Crippen molar-refractivity contribution in [1.29, 1.82) is 0 Å². The molecule has 2 heteroatoms. The molecule has 0 aliphatic carbocycles. The monoisotopic (exact) mass is 200 g/mol. The third-order valence-corrected chi connectivity index (χ3v) is 2.68. The van der Waals surface area contributed by atoms with Gasteiger partial charge in [-0.25, -0.2) is 4.98 Å². The van der Waals surface area contributed by atoms with Crippen molar-refractivity contribution >= 4 is 0 Å². The van der Waals surface area contributed by atoms with Crippen molar-refractivity contribution in [3.63, 3.8) is 0 Å². The van der Waals surface area contributed by atoms with Crippen molar-refractivity contribution in [2.45, 2.75) is 26.8 Å². The van der Waals surface area contributed by atoms with E-state index in [1.807, 2.05) is 12.4 Å². The van der Waals surface area contributed by atoms with Crippen LogP contribution in [0.2, 0.25) is 0 Å². The van der Waals surface area contributed by atoms with E-state index in [0.29, 0.717) is 0 Å². The highest BCUT2D eigenvalue weighted by molar-refractivity contribution is 5.55. The third kappa shape index (κ3) is 1.94. The van der Waals surface area contributed by atoms with Crippen LogP contribution in [0.5, 0.6) is 0 Å². The van der Waals surface area contributed by atoms with Crippen LogP contribution in [0.3, 0.4) is 0 Å². The van der Waals surface area contributed by atoms with E-state index in [9.17, 15) is 0 Å². The minimum atomic E-state index is 0.963. The maximum Gasteiger partial charge on any atom is 0.139 e. The van der Waals surface area contributed by atoms with Gasteiger partial charge in [0, 0.05) is 24.5 Å². The molecule has 15 heavy (non-hydrogen) atoms. The van der Waals surface area contributed by atoms with Crippen LogP contribution < -0.4 is 0 Å². The molecule has 0 unspecified atom stereocenters. The van der Waals surface area contributed by atoms with Gasteiger partial charge in [0.15, 0.2) is 0 Å². The van der Waals surface area contributed by atoms with Crippen LogP contribution >= 0.6 is 0 Å². The summed E-state index contributed by atoms with van der Waals surface area (Å²) >= 11 is 0. The van der Waals surface area contributed by atoms with Crippen LogP contribution in [0.1, 0.15) is 19.4 Å². The fourth-order valence-electron chi connectivity index (χ4n) is 1.71. The Kier molecular flexibility index (Phi) is 2.86. The van der Waals surface area contributed by atoms with Gasteiger partial charge < -0.3 is 4.57 Å². The lowest BCUT2D eigenvalue weighted by atomic mass is 10.1. The van der Waals surface area contributed by atoms with Crippen molar-refractivity contribution in [2.24, 2.45) is 0 Å². The minimum Gasteiger partial charge on any atom is -0.331 e. The van der Waals surface area contributed by atoms with Crippen molar-refractivity contribution < 1.29 is 0 Å². The number of nitrogens with zero attached hydrogens (tertiary/aromatic N) is 2. The Bertz CT molecular complexity index is 426. The second kappa shape index (κ2) is 4.30. The average molecular weight is 200 g/mol. The Hall–Kier alpha value is -1.57. The predicted octanol–water partition coefficient (Wildman–Crippen LogP) is 3.13. The quantitative estimate of drug-likeness (QED) is 0.744. The van der Waals surface area contributed by atoms with E-state index in [1.54, 1.807) is 0 Å². The van der Waals surface area contributed by atoms with Gasteiger partial charge in [0.1, 0.15) is 5.82 Å². The molecule has 2 rings (SSSR count). The highest BCUT2D eigenvalue weighted by Crippen LogP contribution is 2.18. The number of aromatic nitrogens is 2. The largest absolute Gasteiger partial charge is 0.331 e. The number of aryl methyl sites for hydroxylation is 2. The van der Waals surface area contributed by atoms with Crippen LogP contribution in [0.15, 0.2) is 36.7 Å². The number of imidazole rings is 1. The molecule has 0 fully saturated rings. The van der Waals surface area contributed by atoms with E-state index < -0.39 is 0 Å². The molecule has 0 amide bonds. The van der Waals surface area contributed by atoms with Gasteiger partial charge in [0.2, 0.25) is 0 Å². The van der Waals surface area contributed by atoms with E-state index >= 15 is 0 Å². The molecular formula is C13H16N2. The zero-order valence-electron chi connectivity index (χ0n) is 9.27. The molecule has 78 valence electrons. The molecule has 2 nitrogen and oxygen atoms in total. The molecule has 0 aliphatic rings. The maximum atomic E-state index is 4.38. The van der Waals surface area contributed by atoms with Crippen LogP contribution in [0.4, 0.5) is 0 Å². The molecular weight excluding hydrogens is 184 g/mol. The van der Waals surface area contributed by atoms with Gasteiger partial charge in [0.05, 0.1) is 0 Å². The van der Waals surface area contributed by atoms with Gasteiger partial charge in [-0.15, -0.1) is 0 Å². The van der Waals surface area contributed by atoms with E-state index in [1.165, 1.54) is 11.1 Å². The van der Waals surface area contributed by atoms with Crippen LogP contribution in [-0.2, 0) is 13.0 Å². The molecule has 0 N–H and O–H groups in total. The summed E-state index contributed by atoms with van der Waals surface area (Å²) in [4.78, 5) is 4.38. The first-order valence-electron chi connectivity index (χ1n) is 5.45. The maximum absolute atomic E-state index is 4.38. The zero-order chi connectivity index (χ0) is 10.7. The van der Waals surface area contributed by atoms with Crippen molar-refractivity contribution in [3.8, 4) is 11.4 Å². The lowest BCUT2D eigenvalue weighted by Crippen LogP contribution is -1.95. The van der Waals surface area contributed by atoms with Crippen molar-refractivity contribution in [3.05, 3.63) is 42.2 Å². The summed E-state index contributed by atoms with van der Waals surface area (Å²) in [5.41, 5.74) is 2.56. The minimum absolute atomic E-state index is 0.963. The van der Waals surface area contributed by atoms with Crippen LogP contribution in [-0.4, -0.2) is 9.55 Å². The summed E-state index contributed by atoms with van der Waals surface area (Å²) in [6.45, 7) is 5.26. The Morgan fingerprint density at radius 3 is 2.47 bits per heavy atom. The first-order chi connectivity index (χ1) is 7.35. The lowest BCUT2D eigenvalue weighted by molar-refractivity contribution is 0.771. The molecule has 0 radical (unpaired) electrons. The summed E-state index contributed by atoms with van der Waals surface area (Å²) in [5, 5.41) is 0. The Morgan fingerprint density at radius 1 is 1.13 bits per heavy atom. The standard InChI is InChI=1S/C13H16N2/c1-3-11-5-7-12(8-6-11)13-14-9-10-15(13)4-2/h5-10H,3-4H2,1-2H3. The van der Waals surface area contributed by atoms with Gasteiger partial charge in [-0.3, -0.25) is 0 Å². The normalized spacial score (nSPS) is 10.5. The average Bonchev–Trinajstić information content (AvgIpc) is 2.77. The van der Waals surface area contributed by atoms with E-state index in [-0.39, 0.29) is 0 Å². The van der Waals surface area contributed by atoms with Crippen LogP contribution in [0, 0.1) is 0 Å². The van der Waals surface area contributed by atoms with Gasteiger partial charge in [0.25, 0.3) is 0 Å². The zero-order valence-corrected chi connectivity index (χ0v) is 9.27. The van der Waals surface area contributed by atoms with Gasteiger partial charge in [-0.1, -0.05) is 31.2 Å². The van der Waals surface area contributed by atoms with Gasteiger partial charge in [-0.2, -0.15) is 0 Å². The summed E-state index contributed by atoms with van der Waals surface area (Å²) < 4.78 is 2.15. The summed E-state index contributed by atoms with van der Waals surface area (Å²) in [5.74, 6) is 1.06. The number of benzene rings is 1. The molecule has 0 saturated heterocycles. The molecule has 0 aliphatic heterocycles. The summed E-state index contributed by atoms with van der Waals surface area (Å²) in [6, 6.07) is 8.63. The molecule has 0 saturated carbocycles. The SMILES string of the molecule is CCc1ccc(-c2nccn2CC)cc1. The first-order valence-corrected chi connectivity index (χ1v) is 5.45. The molecule has 1 aromatic heterocycles. The van der Waals surface area contributed by atoms with Crippen LogP contribution in [0.25, 0.3) is 11.4 Å². The fourth-order valence-corrected chi connectivity index (χ4v) is 1.71. The Morgan fingerprint density at radius 2 is 1.87 bits per heavy atom. The second-order valence-electron chi connectivity index (χ2n) is 3.59. The molecule has 1 aromatic carbocycles. The molecule has 0 atom stereocenters. The highest BCUT2D eigenvalue weighted by atomic mass is 15.0. The highest BCUT2D eigenvalue weighted by Gasteiger charge is 2.03. The predicted molar refractivity (Wildman–Crippen MR) is 62.7 cm³/mol. The smallest absolute Gasteiger partial charge is 0.139 e. The van der Waals surface area contributed by atoms with E-state index in [4.69, 9.17) is 0 Å². The van der Waals surface area contributed by atoms with Crippen molar-refractivity contribution in [1.82, 2.24) is 9.55 Å². The van der Waals surface area contributed by atoms with Crippen molar-refractivity contribution in [2.75, 3.05) is 0 Å². The molecule has 0 bridgehead atoms. The number of rotatable bonds is 3. The van der Waals surface area contributed by atoms with E-state index in [0.717, 1.165) is 18.8 Å². The number of hydrogen-bond acceptors (Lipinski definition) is 1. The Labute approximate surface area is 90.6 Å². The first kappa shape index (κ1) is 9.97. The van der Waals surface area contributed by atoms with Gasteiger partial charge in [-0.05, 0) is 18.9 Å². The summed E-state index contributed by atoms with van der Waals surface area (Å²) in [6.07, 6.45) is 4.96.